The van der Waals surface area contributed by atoms with E-state index in [1.54, 1.807) is 11.0 Å². The average molecular weight is 349 g/mol. The molecule has 0 aromatic carbocycles. The molecular formula is C14H18Cl2N2O2S. The molecule has 1 aromatic rings. The van der Waals surface area contributed by atoms with Gasteiger partial charge in [0.05, 0.1) is 4.34 Å². The van der Waals surface area contributed by atoms with Crippen molar-refractivity contribution >= 4 is 46.2 Å². The van der Waals surface area contributed by atoms with Crippen molar-refractivity contribution in [3.8, 4) is 0 Å². The third kappa shape index (κ3) is 3.97. The number of likely N-dealkylation sites (tertiary alicyclic amines) is 1. The predicted molar refractivity (Wildman–Crippen MR) is 86.3 cm³/mol. The molecule has 0 bridgehead atoms. The Morgan fingerprint density at radius 2 is 2.14 bits per heavy atom. The van der Waals surface area contributed by atoms with E-state index in [1.807, 2.05) is 0 Å². The molecule has 1 saturated heterocycles. The molecule has 1 aliphatic rings. The first kappa shape index (κ1) is 16.7. The Bertz CT molecular complexity index is 561. The molecule has 21 heavy (non-hydrogen) atoms. The van der Waals surface area contributed by atoms with E-state index in [9.17, 15) is 9.59 Å². The number of halogens is 2. The van der Waals surface area contributed by atoms with Crippen LogP contribution in [0.2, 0.25) is 8.67 Å². The van der Waals surface area contributed by atoms with E-state index in [4.69, 9.17) is 28.9 Å². The van der Waals surface area contributed by atoms with Crippen LogP contribution in [0.1, 0.15) is 36.5 Å². The van der Waals surface area contributed by atoms with Crippen LogP contribution in [0, 0.1) is 5.41 Å². The first-order chi connectivity index (χ1) is 9.84. The highest BCUT2D eigenvalue weighted by atomic mass is 35.5. The summed E-state index contributed by atoms with van der Waals surface area (Å²) >= 11 is 12.9. The molecule has 1 aromatic heterocycles. The van der Waals surface area contributed by atoms with Crippen molar-refractivity contribution in [2.24, 2.45) is 11.1 Å². The number of hydrogen-bond donors (Lipinski definition) is 1. The second-order valence-corrected chi connectivity index (χ2v) is 8.03. The summed E-state index contributed by atoms with van der Waals surface area (Å²) in [6.07, 6.45) is 1.26. The highest BCUT2D eigenvalue weighted by Crippen LogP contribution is 2.32. The number of nitrogens with two attached hydrogens (primary N) is 1. The van der Waals surface area contributed by atoms with Gasteiger partial charge in [0.25, 0.3) is 0 Å². The Morgan fingerprint density at radius 1 is 1.43 bits per heavy atom. The quantitative estimate of drug-likeness (QED) is 0.831. The maximum absolute atomic E-state index is 12.2. The molecular weight excluding hydrogens is 331 g/mol. The summed E-state index contributed by atoms with van der Waals surface area (Å²) in [5.74, 6) is -0.143. The number of hydrogen-bond acceptors (Lipinski definition) is 4. The first-order valence-corrected chi connectivity index (χ1v) is 8.38. The molecule has 0 radical (unpaired) electrons. The second-order valence-electron chi connectivity index (χ2n) is 5.74. The van der Waals surface area contributed by atoms with Crippen LogP contribution in [0.5, 0.6) is 0 Å². The van der Waals surface area contributed by atoms with Gasteiger partial charge in [-0.1, -0.05) is 30.1 Å². The summed E-state index contributed by atoms with van der Waals surface area (Å²) in [6, 6.07) is 1.56. The van der Waals surface area contributed by atoms with E-state index >= 15 is 0 Å². The maximum atomic E-state index is 12.2. The van der Waals surface area contributed by atoms with Crippen molar-refractivity contribution in [3.63, 3.8) is 0 Å². The van der Waals surface area contributed by atoms with Crippen LogP contribution >= 0.6 is 34.5 Å². The van der Waals surface area contributed by atoms with Crippen LogP contribution in [0.25, 0.3) is 0 Å². The van der Waals surface area contributed by atoms with Crippen LogP contribution in [-0.4, -0.2) is 36.2 Å². The molecule has 7 heteroatoms. The zero-order valence-corrected chi connectivity index (χ0v) is 14.2. The fraction of sp³-hybridized carbons (Fsp3) is 0.571. The number of carbonyl (C=O) groups is 2. The van der Waals surface area contributed by atoms with Gasteiger partial charge in [0.1, 0.15) is 4.34 Å². The molecule has 1 fully saturated rings. The lowest BCUT2D eigenvalue weighted by molar-refractivity contribution is -0.130. The average Bonchev–Trinajstić information content (AvgIpc) is 2.99. The van der Waals surface area contributed by atoms with Crippen LogP contribution < -0.4 is 5.73 Å². The van der Waals surface area contributed by atoms with Gasteiger partial charge in [-0.3, -0.25) is 9.59 Å². The number of thiophene rings is 1. The summed E-state index contributed by atoms with van der Waals surface area (Å²) in [5.41, 5.74) is 6.14. The van der Waals surface area contributed by atoms with Crippen LogP contribution in [-0.2, 0) is 4.79 Å². The number of amides is 1. The number of Topliss-reactive ketones (excluding diaryl/α,β-unsaturated/α-hetero) is 1. The molecule has 0 spiro atoms. The van der Waals surface area contributed by atoms with Gasteiger partial charge < -0.3 is 10.6 Å². The van der Waals surface area contributed by atoms with E-state index < -0.39 is 0 Å². The van der Waals surface area contributed by atoms with Crippen molar-refractivity contribution in [1.82, 2.24) is 4.90 Å². The highest BCUT2D eigenvalue weighted by Gasteiger charge is 2.34. The lowest BCUT2D eigenvalue weighted by Gasteiger charge is -2.22. The minimum Gasteiger partial charge on any atom is -0.342 e. The Morgan fingerprint density at radius 3 is 2.67 bits per heavy atom. The van der Waals surface area contributed by atoms with Crippen molar-refractivity contribution in [3.05, 3.63) is 20.3 Å². The van der Waals surface area contributed by atoms with Gasteiger partial charge in [0.15, 0.2) is 5.78 Å². The number of rotatable bonds is 5. The summed E-state index contributed by atoms with van der Waals surface area (Å²) in [5, 5.41) is 0. The number of nitrogens with zero attached hydrogens (tertiary/aromatic N) is 1. The summed E-state index contributed by atoms with van der Waals surface area (Å²) < 4.78 is 0.863. The highest BCUT2D eigenvalue weighted by molar-refractivity contribution is 7.20. The van der Waals surface area contributed by atoms with Gasteiger partial charge >= 0.3 is 0 Å². The first-order valence-electron chi connectivity index (χ1n) is 6.80. The Kier molecular flexibility index (Phi) is 5.30. The van der Waals surface area contributed by atoms with E-state index in [0.29, 0.717) is 33.9 Å². The third-order valence-electron chi connectivity index (χ3n) is 3.93. The predicted octanol–water partition coefficient (Wildman–Crippen LogP) is 3.22. The van der Waals surface area contributed by atoms with Crippen molar-refractivity contribution < 1.29 is 9.59 Å². The standard InChI is InChI=1S/C14H18Cl2N2O2S/c1-14(7-17)4-5-18(8-14)12(20)3-2-10(19)9-6-11(15)21-13(9)16/h6H,2-5,7-8,17H2,1H3. The van der Waals surface area contributed by atoms with Crippen molar-refractivity contribution in [2.45, 2.75) is 26.2 Å². The molecule has 4 nitrogen and oxygen atoms in total. The van der Waals surface area contributed by atoms with Crippen LogP contribution in [0.15, 0.2) is 6.07 Å². The molecule has 1 aliphatic heterocycles. The van der Waals surface area contributed by atoms with E-state index in [0.717, 1.165) is 17.8 Å². The van der Waals surface area contributed by atoms with E-state index in [-0.39, 0.29) is 29.9 Å². The van der Waals surface area contributed by atoms with Crippen LogP contribution in [0.4, 0.5) is 0 Å². The lowest BCUT2D eigenvalue weighted by Crippen LogP contribution is -2.34. The SMILES string of the molecule is CC1(CN)CCN(C(=O)CCC(=O)c2cc(Cl)sc2Cl)C1. The third-order valence-corrected chi connectivity index (χ3v) is 5.41. The smallest absolute Gasteiger partial charge is 0.223 e. The largest absolute Gasteiger partial charge is 0.342 e. The Labute approximate surface area is 138 Å². The minimum atomic E-state index is -0.141. The van der Waals surface area contributed by atoms with Gasteiger partial charge in [0.2, 0.25) is 5.91 Å². The molecule has 2 rings (SSSR count). The van der Waals surface area contributed by atoms with Crippen molar-refractivity contribution in [2.75, 3.05) is 19.6 Å². The molecule has 2 heterocycles. The molecule has 0 aliphatic carbocycles. The Balaban J connectivity index is 1.87. The molecule has 116 valence electrons. The zero-order chi connectivity index (χ0) is 15.6. The lowest BCUT2D eigenvalue weighted by atomic mass is 9.90. The fourth-order valence-electron chi connectivity index (χ4n) is 2.45. The molecule has 0 saturated carbocycles. The molecule has 2 N–H and O–H groups in total. The van der Waals surface area contributed by atoms with Gasteiger partial charge in [-0.25, -0.2) is 0 Å². The molecule has 1 unspecified atom stereocenters. The maximum Gasteiger partial charge on any atom is 0.223 e. The van der Waals surface area contributed by atoms with E-state index in [2.05, 4.69) is 6.92 Å². The molecule has 1 atom stereocenters. The monoisotopic (exact) mass is 348 g/mol. The zero-order valence-electron chi connectivity index (χ0n) is 11.8. The fourth-order valence-corrected chi connectivity index (χ4v) is 3.95. The van der Waals surface area contributed by atoms with Crippen molar-refractivity contribution in [1.29, 1.82) is 0 Å². The van der Waals surface area contributed by atoms with Crippen LogP contribution in [0.3, 0.4) is 0 Å². The minimum absolute atomic E-state index is 0.00188. The topological polar surface area (TPSA) is 63.4 Å². The van der Waals surface area contributed by atoms with Gasteiger partial charge in [-0.05, 0) is 24.4 Å². The van der Waals surface area contributed by atoms with Gasteiger partial charge in [0, 0.05) is 31.5 Å². The second kappa shape index (κ2) is 6.65. The normalized spacial score (nSPS) is 21.8. The van der Waals surface area contributed by atoms with Gasteiger partial charge in [-0.15, -0.1) is 11.3 Å². The molecule has 1 amide bonds. The van der Waals surface area contributed by atoms with E-state index in [1.165, 1.54) is 0 Å². The summed E-state index contributed by atoms with van der Waals surface area (Å²) in [6.45, 7) is 4.03. The summed E-state index contributed by atoms with van der Waals surface area (Å²) in [7, 11) is 0. The van der Waals surface area contributed by atoms with Gasteiger partial charge in [-0.2, -0.15) is 0 Å². The summed E-state index contributed by atoms with van der Waals surface area (Å²) in [4.78, 5) is 26.0. The number of carbonyl (C=O) groups excluding carboxylic acids is 2. The Hall–Kier alpha value is -0.620. The number of ketones is 1.